The van der Waals surface area contributed by atoms with Crippen LogP contribution < -0.4 is 10.1 Å². The summed E-state index contributed by atoms with van der Waals surface area (Å²) in [6.07, 6.45) is 2.62. The number of hydrogen-bond acceptors (Lipinski definition) is 4. The fourth-order valence-electron chi connectivity index (χ4n) is 1.73. The SMILES string of the molecule is CCCOc1ccc(Br)cc1/C=C1\SC(NC(C)=O)=NC1=O. The average molecular weight is 383 g/mol. The summed E-state index contributed by atoms with van der Waals surface area (Å²) in [6.45, 7) is 4.01. The molecule has 22 heavy (non-hydrogen) atoms. The largest absolute Gasteiger partial charge is 0.493 e. The highest BCUT2D eigenvalue weighted by molar-refractivity contribution is 9.10. The number of thioether (sulfide) groups is 1. The van der Waals surface area contributed by atoms with Gasteiger partial charge in [0.2, 0.25) is 5.91 Å². The Balaban J connectivity index is 2.24. The lowest BCUT2D eigenvalue weighted by Crippen LogP contribution is -2.23. The van der Waals surface area contributed by atoms with E-state index in [0.29, 0.717) is 22.4 Å². The van der Waals surface area contributed by atoms with Crippen molar-refractivity contribution in [2.24, 2.45) is 4.99 Å². The number of benzene rings is 1. The fourth-order valence-corrected chi connectivity index (χ4v) is 2.96. The molecule has 2 rings (SSSR count). The first kappa shape index (κ1) is 16.8. The van der Waals surface area contributed by atoms with E-state index in [-0.39, 0.29) is 11.8 Å². The molecule has 1 aromatic carbocycles. The molecule has 1 aliphatic rings. The molecule has 0 atom stereocenters. The number of rotatable bonds is 4. The maximum absolute atomic E-state index is 11.9. The van der Waals surface area contributed by atoms with E-state index in [1.54, 1.807) is 6.08 Å². The van der Waals surface area contributed by atoms with E-state index in [4.69, 9.17) is 4.74 Å². The Morgan fingerprint density at radius 1 is 1.50 bits per heavy atom. The van der Waals surface area contributed by atoms with E-state index in [1.807, 2.05) is 25.1 Å². The summed E-state index contributed by atoms with van der Waals surface area (Å²) < 4.78 is 6.58. The minimum atomic E-state index is -0.366. The Hall–Kier alpha value is -1.60. The van der Waals surface area contributed by atoms with Gasteiger partial charge in [-0.15, -0.1) is 0 Å². The van der Waals surface area contributed by atoms with Gasteiger partial charge in [0.15, 0.2) is 5.17 Å². The third-order valence-corrected chi connectivity index (χ3v) is 4.02. The zero-order chi connectivity index (χ0) is 16.1. The monoisotopic (exact) mass is 382 g/mol. The standard InChI is InChI=1S/C15H15BrN2O3S/c1-3-6-21-12-5-4-11(16)7-10(12)8-13-14(20)18-15(22-13)17-9(2)19/h4-5,7-8H,3,6H2,1-2H3,(H,17,18,19,20)/b13-8-. The molecule has 0 saturated carbocycles. The summed E-state index contributed by atoms with van der Waals surface area (Å²) >= 11 is 4.55. The van der Waals surface area contributed by atoms with Gasteiger partial charge < -0.3 is 10.1 Å². The number of ether oxygens (including phenoxy) is 1. The lowest BCUT2D eigenvalue weighted by Gasteiger charge is -2.09. The van der Waals surface area contributed by atoms with E-state index in [2.05, 4.69) is 26.2 Å². The molecular weight excluding hydrogens is 368 g/mol. The van der Waals surface area contributed by atoms with Crippen LogP contribution in [0.25, 0.3) is 6.08 Å². The van der Waals surface area contributed by atoms with Gasteiger partial charge in [0.05, 0.1) is 11.5 Å². The number of halogens is 1. The van der Waals surface area contributed by atoms with E-state index in [9.17, 15) is 9.59 Å². The molecule has 2 amide bonds. The van der Waals surface area contributed by atoms with Gasteiger partial charge in [0.1, 0.15) is 5.75 Å². The van der Waals surface area contributed by atoms with Gasteiger partial charge >= 0.3 is 0 Å². The lowest BCUT2D eigenvalue weighted by molar-refractivity contribution is -0.117. The predicted molar refractivity (Wildman–Crippen MR) is 91.8 cm³/mol. The summed E-state index contributed by atoms with van der Waals surface area (Å²) in [4.78, 5) is 27.2. The van der Waals surface area contributed by atoms with E-state index in [1.165, 1.54) is 6.92 Å². The molecule has 5 nitrogen and oxygen atoms in total. The molecule has 1 N–H and O–H groups in total. The zero-order valence-electron chi connectivity index (χ0n) is 12.2. The summed E-state index contributed by atoms with van der Waals surface area (Å²) in [5.74, 6) is 0.0869. The molecule has 1 aliphatic heterocycles. The van der Waals surface area contributed by atoms with Crippen molar-refractivity contribution in [1.82, 2.24) is 5.32 Å². The fraction of sp³-hybridized carbons (Fsp3) is 0.267. The van der Waals surface area contributed by atoms with E-state index >= 15 is 0 Å². The Bertz CT molecular complexity index is 671. The van der Waals surface area contributed by atoms with Crippen LogP contribution in [0.1, 0.15) is 25.8 Å². The van der Waals surface area contributed by atoms with E-state index < -0.39 is 0 Å². The summed E-state index contributed by atoms with van der Waals surface area (Å²) in [5, 5.41) is 2.82. The topological polar surface area (TPSA) is 67.8 Å². The number of nitrogens with zero attached hydrogens (tertiary/aromatic N) is 1. The number of amides is 2. The average Bonchev–Trinajstić information content (AvgIpc) is 2.77. The molecule has 0 fully saturated rings. The van der Waals surface area contributed by atoms with Crippen molar-refractivity contribution in [3.8, 4) is 5.75 Å². The summed E-state index contributed by atoms with van der Waals surface area (Å²) in [6, 6.07) is 5.61. The second-order valence-corrected chi connectivity index (χ2v) is 6.49. The number of carbonyl (C=O) groups is 2. The van der Waals surface area contributed by atoms with Crippen molar-refractivity contribution in [3.63, 3.8) is 0 Å². The third-order valence-electron chi connectivity index (χ3n) is 2.62. The van der Waals surface area contributed by atoms with Crippen LogP contribution in [0, 0.1) is 0 Å². The van der Waals surface area contributed by atoms with Crippen LogP contribution in [0.5, 0.6) is 5.75 Å². The molecule has 1 aromatic rings. The molecule has 0 bridgehead atoms. The highest BCUT2D eigenvalue weighted by Crippen LogP contribution is 2.31. The molecule has 0 spiro atoms. The Labute approximate surface area is 141 Å². The maximum Gasteiger partial charge on any atom is 0.286 e. The summed E-state index contributed by atoms with van der Waals surface area (Å²) in [7, 11) is 0. The number of hydrogen-bond donors (Lipinski definition) is 1. The first-order chi connectivity index (χ1) is 10.5. The van der Waals surface area contributed by atoms with Gasteiger partial charge in [-0.2, -0.15) is 4.99 Å². The highest BCUT2D eigenvalue weighted by Gasteiger charge is 2.23. The normalized spacial score (nSPS) is 15.9. The lowest BCUT2D eigenvalue weighted by atomic mass is 10.2. The Morgan fingerprint density at radius 3 is 2.95 bits per heavy atom. The number of amidine groups is 1. The molecule has 7 heteroatoms. The second-order valence-electron chi connectivity index (χ2n) is 4.54. The van der Waals surface area contributed by atoms with Crippen LogP contribution in [-0.4, -0.2) is 23.6 Å². The molecule has 0 saturated heterocycles. The predicted octanol–water partition coefficient (Wildman–Crippen LogP) is 3.34. The van der Waals surface area contributed by atoms with Crippen molar-refractivity contribution >= 4 is 50.7 Å². The first-order valence-corrected chi connectivity index (χ1v) is 8.33. The quantitative estimate of drug-likeness (QED) is 0.810. The Kier molecular flexibility index (Phi) is 5.79. The van der Waals surface area contributed by atoms with Crippen molar-refractivity contribution in [1.29, 1.82) is 0 Å². The van der Waals surface area contributed by atoms with Crippen LogP contribution in [-0.2, 0) is 9.59 Å². The van der Waals surface area contributed by atoms with Crippen molar-refractivity contribution in [3.05, 3.63) is 33.1 Å². The zero-order valence-corrected chi connectivity index (χ0v) is 14.6. The van der Waals surface area contributed by atoms with Crippen LogP contribution >= 0.6 is 27.7 Å². The molecule has 0 aromatic heterocycles. The van der Waals surface area contributed by atoms with E-state index in [0.717, 1.165) is 28.2 Å². The third kappa shape index (κ3) is 4.45. The van der Waals surface area contributed by atoms with Gasteiger partial charge in [-0.1, -0.05) is 22.9 Å². The van der Waals surface area contributed by atoms with Crippen LogP contribution in [0.4, 0.5) is 0 Å². The molecular formula is C15H15BrN2O3S. The maximum atomic E-state index is 11.9. The van der Waals surface area contributed by atoms with Crippen molar-refractivity contribution in [2.75, 3.05) is 6.61 Å². The van der Waals surface area contributed by atoms with Crippen LogP contribution in [0.2, 0.25) is 0 Å². The smallest absolute Gasteiger partial charge is 0.286 e. The minimum Gasteiger partial charge on any atom is -0.493 e. The number of aliphatic imine (C=N–C) groups is 1. The molecule has 1 heterocycles. The number of nitrogens with one attached hydrogen (secondary N) is 1. The van der Waals surface area contributed by atoms with Gasteiger partial charge in [-0.25, -0.2) is 0 Å². The van der Waals surface area contributed by atoms with Gasteiger partial charge in [-0.3, -0.25) is 9.59 Å². The molecule has 0 aliphatic carbocycles. The number of carbonyl (C=O) groups excluding carboxylic acids is 2. The van der Waals surface area contributed by atoms with Crippen LogP contribution in [0.15, 0.2) is 32.6 Å². The molecule has 0 radical (unpaired) electrons. The minimum absolute atomic E-state index is 0.255. The van der Waals surface area contributed by atoms with Gasteiger partial charge in [0.25, 0.3) is 5.91 Å². The molecule has 0 unspecified atom stereocenters. The second kappa shape index (κ2) is 7.60. The molecule has 116 valence electrons. The highest BCUT2D eigenvalue weighted by atomic mass is 79.9. The van der Waals surface area contributed by atoms with Crippen LogP contribution in [0.3, 0.4) is 0 Å². The summed E-state index contributed by atoms with van der Waals surface area (Å²) in [5.41, 5.74) is 0.790. The van der Waals surface area contributed by atoms with Gasteiger partial charge in [0, 0.05) is 17.0 Å². The van der Waals surface area contributed by atoms with Crippen molar-refractivity contribution < 1.29 is 14.3 Å². The van der Waals surface area contributed by atoms with Gasteiger partial charge in [-0.05, 0) is 42.5 Å². The Morgan fingerprint density at radius 2 is 2.27 bits per heavy atom. The first-order valence-electron chi connectivity index (χ1n) is 6.72. The van der Waals surface area contributed by atoms with Crippen molar-refractivity contribution in [2.45, 2.75) is 20.3 Å².